The Morgan fingerprint density at radius 3 is 2.53 bits per heavy atom. The maximum Gasteiger partial charge on any atom is 0.255 e. The van der Waals surface area contributed by atoms with Crippen LogP contribution in [0.3, 0.4) is 0 Å². The summed E-state index contributed by atoms with van der Waals surface area (Å²) < 4.78 is 28.0. The van der Waals surface area contributed by atoms with Crippen molar-refractivity contribution in [3.8, 4) is 11.5 Å². The van der Waals surface area contributed by atoms with Crippen molar-refractivity contribution in [2.75, 3.05) is 27.6 Å². The van der Waals surface area contributed by atoms with E-state index in [0.717, 1.165) is 30.4 Å². The minimum absolute atomic E-state index is 0.292. The molecule has 2 aromatic rings. The predicted octanol–water partition coefficient (Wildman–Crippen LogP) is 4.23. The Kier molecular flexibility index (Phi) is 7.71. The summed E-state index contributed by atoms with van der Waals surface area (Å²) in [6, 6.07) is 11.6. The van der Waals surface area contributed by atoms with E-state index in [1.54, 1.807) is 14.2 Å². The third-order valence-electron chi connectivity index (χ3n) is 5.32. The highest BCUT2D eigenvalue weighted by molar-refractivity contribution is 6.19. The number of carbonyl (C=O) groups is 1. The number of hydrogen-bond donors (Lipinski definition) is 1. The van der Waals surface area contributed by atoms with Gasteiger partial charge in [0.25, 0.3) is 5.91 Å². The lowest BCUT2D eigenvalue weighted by atomic mass is 9.89. The van der Waals surface area contributed by atoms with Crippen LogP contribution >= 0.6 is 0 Å². The first-order chi connectivity index (χ1) is 14.7. The summed E-state index contributed by atoms with van der Waals surface area (Å²) in [5.74, 6) is 1.01. The van der Waals surface area contributed by atoms with Crippen LogP contribution in [-0.2, 0) is 28.8 Å². The van der Waals surface area contributed by atoms with Gasteiger partial charge in [0.2, 0.25) is 6.86 Å². The number of rotatable bonds is 9. The smallest absolute Gasteiger partial charge is 0.255 e. The number of carbonyl (C=O) groups excluding carboxylic acids is 1. The average Bonchev–Trinajstić information content (AvgIpc) is 2.79. The Bertz CT molecular complexity index is 910. The maximum absolute atomic E-state index is 12.8. The number of nitrogens with one attached hydrogen (secondary N) is 1. The van der Waals surface area contributed by atoms with Gasteiger partial charge in [0.1, 0.15) is 0 Å². The van der Waals surface area contributed by atoms with Crippen LogP contribution in [0.1, 0.15) is 35.1 Å². The second-order valence-electron chi connectivity index (χ2n) is 7.19. The van der Waals surface area contributed by atoms with Crippen molar-refractivity contribution in [1.29, 1.82) is 0 Å². The van der Waals surface area contributed by atoms with Gasteiger partial charge in [-0.2, -0.15) is 0 Å². The molecule has 0 saturated carbocycles. The molecule has 6 heteroatoms. The van der Waals surface area contributed by atoms with Gasteiger partial charge in [0, 0.05) is 6.54 Å². The number of fused-ring (bicyclic) bond motifs is 1. The van der Waals surface area contributed by atoms with Crippen LogP contribution in [0.4, 0.5) is 4.39 Å². The number of aryl methyl sites for hydroxylation is 2. The van der Waals surface area contributed by atoms with Crippen LogP contribution in [0.5, 0.6) is 11.5 Å². The molecular formula is C24H28FNO4. The quantitative estimate of drug-likeness (QED) is 0.494. The fourth-order valence-corrected chi connectivity index (χ4v) is 3.72. The monoisotopic (exact) mass is 413 g/mol. The Balaban J connectivity index is 1.68. The van der Waals surface area contributed by atoms with E-state index in [0.29, 0.717) is 30.0 Å². The second kappa shape index (κ2) is 10.7. The van der Waals surface area contributed by atoms with Crippen LogP contribution in [-0.4, -0.2) is 33.5 Å². The van der Waals surface area contributed by atoms with E-state index in [1.807, 2.05) is 30.3 Å². The Morgan fingerprint density at radius 2 is 1.80 bits per heavy atom. The van der Waals surface area contributed by atoms with Crippen molar-refractivity contribution in [3.63, 3.8) is 0 Å². The molecule has 0 spiro atoms. The minimum Gasteiger partial charge on any atom is -0.493 e. The Labute approximate surface area is 176 Å². The summed E-state index contributed by atoms with van der Waals surface area (Å²) in [6.07, 6.45) is 6.23. The molecule has 1 aliphatic carbocycles. The van der Waals surface area contributed by atoms with Gasteiger partial charge < -0.3 is 19.5 Å². The molecular weight excluding hydrogens is 385 g/mol. The van der Waals surface area contributed by atoms with Crippen molar-refractivity contribution < 1.29 is 23.4 Å². The molecule has 0 heterocycles. The SMILES string of the molecule is COc1ccc(CCNC(=O)C(=COCF)c2ccc3c(c2)CCCC3)cc1OC. The lowest BCUT2D eigenvalue weighted by molar-refractivity contribution is -0.115. The van der Waals surface area contributed by atoms with Gasteiger partial charge in [-0.1, -0.05) is 24.3 Å². The molecule has 0 aliphatic heterocycles. The fraction of sp³-hybridized carbons (Fsp3) is 0.375. The molecule has 1 amide bonds. The molecule has 30 heavy (non-hydrogen) atoms. The number of hydrogen-bond acceptors (Lipinski definition) is 4. The number of ether oxygens (including phenoxy) is 3. The van der Waals surface area contributed by atoms with E-state index in [9.17, 15) is 9.18 Å². The van der Waals surface area contributed by atoms with Crippen LogP contribution in [0, 0.1) is 0 Å². The van der Waals surface area contributed by atoms with Gasteiger partial charge in [0.15, 0.2) is 11.5 Å². The van der Waals surface area contributed by atoms with Crippen molar-refractivity contribution >= 4 is 11.5 Å². The molecule has 1 N–H and O–H groups in total. The molecule has 3 rings (SSSR count). The second-order valence-corrected chi connectivity index (χ2v) is 7.19. The highest BCUT2D eigenvalue weighted by Gasteiger charge is 2.16. The van der Waals surface area contributed by atoms with E-state index in [2.05, 4.69) is 11.4 Å². The van der Waals surface area contributed by atoms with Crippen molar-refractivity contribution in [3.05, 3.63) is 64.9 Å². The third kappa shape index (κ3) is 5.32. The molecule has 160 valence electrons. The van der Waals surface area contributed by atoms with E-state index in [-0.39, 0.29) is 5.91 Å². The highest BCUT2D eigenvalue weighted by atomic mass is 19.1. The van der Waals surface area contributed by atoms with E-state index < -0.39 is 6.86 Å². The Morgan fingerprint density at radius 1 is 1.03 bits per heavy atom. The number of halogens is 1. The molecule has 0 aromatic heterocycles. The van der Waals surface area contributed by atoms with Crippen LogP contribution in [0.2, 0.25) is 0 Å². The molecule has 0 fully saturated rings. The topological polar surface area (TPSA) is 56.8 Å². The van der Waals surface area contributed by atoms with Gasteiger partial charge in [-0.15, -0.1) is 0 Å². The van der Waals surface area contributed by atoms with Gasteiger partial charge in [-0.25, -0.2) is 4.39 Å². The average molecular weight is 413 g/mol. The zero-order valence-electron chi connectivity index (χ0n) is 17.5. The lowest BCUT2D eigenvalue weighted by Gasteiger charge is -2.17. The molecule has 2 aromatic carbocycles. The Hall–Kier alpha value is -3.02. The van der Waals surface area contributed by atoms with Gasteiger partial charge in [-0.05, 0) is 66.5 Å². The van der Waals surface area contributed by atoms with Gasteiger partial charge >= 0.3 is 0 Å². The van der Waals surface area contributed by atoms with E-state index >= 15 is 0 Å². The summed E-state index contributed by atoms with van der Waals surface area (Å²) >= 11 is 0. The van der Waals surface area contributed by atoms with E-state index in [4.69, 9.17) is 14.2 Å². The van der Waals surface area contributed by atoms with Crippen molar-refractivity contribution in [2.24, 2.45) is 0 Å². The summed E-state index contributed by atoms with van der Waals surface area (Å²) in [5, 5.41) is 2.90. The zero-order valence-corrected chi connectivity index (χ0v) is 17.5. The molecule has 1 aliphatic rings. The lowest BCUT2D eigenvalue weighted by Crippen LogP contribution is -2.27. The summed E-state index contributed by atoms with van der Waals surface area (Å²) in [7, 11) is 3.18. The first-order valence-electron chi connectivity index (χ1n) is 10.1. The first kappa shape index (κ1) is 21.7. The third-order valence-corrected chi connectivity index (χ3v) is 5.32. The number of benzene rings is 2. The normalized spacial score (nSPS) is 13.4. The number of methoxy groups -OCH3 is 2. The largest absolute Gasteiger partial charge is 0.493 e. The molecule has 0 atom stereocenters. The van der Waals surface area contributed by atoms with Crippen molar-refractivity contribution in [2.45, 2.75) is 32.1 Å². The summed E-state index contributed by atoms with van der Waals surface area (Å²) in [4.78, 5) is 12.8. The summed E-state index contributed by atoms with van der Waals surface area (Å²) in [6.45, 7) is -0.556. The molecule has 5 nitrogen and oxygen atoms in total. The number of amides is 1. The molecule has 0 bridgehead atoms. The zero-order chi connectivity index (χ0) is 21.3. The van der Waals surface area contributed by atoms with Gasteiger partial charge in [0.05, 0.1) is 26.1 Å². The molecule has 0 unspecified atom stereocenters. The number of alkyl halides is 1. The van der Waals surface area contributed by atoms with E-state index in [1.165, 1.54) is 23.8 Å². The van der Waals surface area contributed by atoms with Crippen LogP contribution in [0.25, 0.3) is 5.57 Å². The van der Waals surface area contributed by atoms with Crippen LogP contribution < -0.4 is 14.8 Å². The standard InChI is InChI=1S/C24H28FNO4/c1-28-22-10-7-17(13-23(22)29-2)11-12-26-24(27)21(15-30-16-25)20-9-8-18-5-3-4-6-19(18)14-20/h7-10,13-15H,3-6,11-12,16H2,1-2H3,(H,26,27). The summed E-state index contributed by atoms with van der Waals surface area (Å²) in [5.41, 5.74) is 4.65. The van der Waals surface area contributed by atoms with Gasteiger partial charge in [-0.3, -0.25) is 4.79 Å². The predicted molar refractivity (Wildman–Crippen MR) is 114 cm³/mol. The fourth-order valence-electron chi connectivity index (χ4n) is 3.72. The van der Waals surface area contributed by atoms with Crippen molar-refractivity contribution in [1.82, 2.24) is 5.32 Å². The molecule has 0 radical (unpaired) electrons. The highest BCUT2D eigenvalue weighted by Crippen LogP contribution is 2.28. The maximum atomic E-state index is 12.8. The molecule has 0 saturated heterocycles. The first-order valence-corrected chi connectivity index (χ1v) is 10.1. The van der Waals surface area contributed by atoms with Crippen LogP contribution in [0.15, 0.2) is 42.7 Å². The minimum atomic E-state index is -0.979.